The van der Waals surface area contributed by atoms with Crippen molar-refractivity contribution in [2.75, 3.05) is 0 Å². The van der Waals surface area contributed by atoms with Crippen LogP contribution in [0.15, 0.2) is 30.3 Å². The van der Waals surface area contributed by atoms with Gasteiger partial charge in [0.25, 0.3) is 0 Å². The van der Waals surface area contributed by atoms with Crippen LogP contribution in [0.3, 0.4) is 0 Å². The molecule has 0 spiro atoms. The van der Waals surface area contributed by atoms with Crippen LogP contribution in [-0.2, 0) is 5.41 Å². The molecular weight excluding hydrogens is 284 g/mol. The van der Waals surface area contributed by atoms with Gasteiger partial charge in [0.2, 0.25) is 0 Å². The Morgan fingerprint density at radius 3 is 2.43 bits per heavy atom. The molecule has 1 aliphatic carbocycles. The third-order valence-corrected chi connectivity index (χ3v) is 4.90. The van der Waals surface area contributed by atoms with Crippen LogP contribution in [0.25, 0.3) is 5.65 Å². The molecule has 1 aliphatic rings. The van der Waals surface area contributed by atoms with Crippen LogP contribution in [0.1, 0.15) is 35.4 Å². The highest BCUT2D eigenvalue weighted by Crippen LogP contribution is 2.52. The quantitative estimate of drug-likeness (QED) is 0.727. The first-order valence-electron chi connectivity index (χ1n) is 7.07. The number of hydrogen-bond acceptors (Lipinski definition) is 3. The second-order valence-corrected chi connectivity index (χ2v) is 6.11. The van der Waals surface area contributed by atoms with Crippen molar-refractivity contribution >= 4 is 17.2 Å². The van der Waals surface area contributed by atoms with Crippen LogP contribution in [0.2, 0.25) is 5.15 Å². The van der Waals surface area contributed by atoms with Gasteiger partial charge in [-0.3, -0.25) is 0 Å². The highest BCUT2D eigenvalue weighted by Gasteiger charge is 2.50. The lowest BCUT2D eigenvalue weighted by atomic mass is 9.95. The van der Waals surface area contributed by atoms with Crippen LogP contribution in [-0.4, -0.2) is 19.8 Å². The minimum atomic E-state index is -0.0568. The number of rotatable bonds is 2. The second kappa shape index (κ2) is 4.28. The van der Waals surface area contributed by atoms with Gasteiger partial charge in [0.1, 0.15) is 0 Å². The van der Waals surface area contributed by atoms with Gasteiger partial charge in [-0.15, -0.1) is 10.2 Å². The van der Waals surface area contributed by atoms with Gasteiger partial charge in [-0.05, 0) is 37.8 Å². The summed E-state index contributed by atoms with van der Waals surface area (Å²) >= 11 is 6.25. The molecule has 0 saturated heterocycles. The van der Waals surface area contributed by atoms with Crippen LogP contribution in [0.4, 0.5) is 0 Å². The SMILES string of the molecule is Cc1c(Cl)nn2c(C3(c4ccccc4)CC3)nnc2c1C. The Labute approximate surface area is 127 Å². The molecule has 1 aromatic carbocycles. The molecule has 4 rings (SSSR count). The van der Waals surface area contributed by atoms with Gasteiger partial charge in [0.05, 0.1) is 5.41 Å². The molecule has 5 heteroatoms. The molecule has 106 valence electrons. The lowest BCUT2D eigenvalue weighted by molar-refractivity contribution is 0.702. The maximum absolute atomic E-state index is 6.25. The first-order chi connectivity index (χ1) is 10.1. The fourth-order valence-corrected chi connectivity index (χ4v) is 3.13. The Morgan fingerprint density at radius 1 is 1.05 bits per heavy atom. The van der Waals surface area contributed by atoms with Crippen molar-refractivity contribution in [3.8, 4) is 0 Å². The van der Waals surface area contributed by atoms with Gasteiger partial charge in [-0.2, -0.15) is 9.61 Å². The maximum atomic E-state index is 6.25. The smallest absolute Gasteiger partial charge is 0.181 e. The number of nitrogens with zero attached hydrogens (tertiary/aromatic N) is 4. The van der Waals surface area contributed by atoms with E-state index in [0.29, 0.717) is 5.15 Å². The van der Waals surface area contributed by atoms with Gasteiger partial charge in [0.15, 0.2) is 16.6 Å². The van der Waals surface area contributed by atoms with Crippen molar-refractivity contribution in [3.05, 3.63) is 58.0 Å². The fraction of sp³-hybridized carbons (Fsp3) is 0.312. The zero-order chi connectivity index (χ0) is 14.6. The minimum Gasteiger partial charge on any atom is -0.195 e. The van der Waals surface area contributed by atoms with Crippen LogP contribution in [0, 0.1) is 13.8 Å². The number of hydrogen-bond donors (Lipinski definition) is 0. The van der Waals surface area contributed by atoms with Gasteiger partial charge in [-0.25, -0.2) is 0 Å². The average molecular weight is 299 g/mol. The fourth-order valence-electron chi connectivity index (χ4n) is 2.92. The van der Waals surface area contributed by atoms with E-state index in [4.69, 9.17) is 11.6 Å². The molecule has 0 aliphatic heterocycles. The lowest BCUT2D eigenvalue weighted by Crippen LogP contribution is -2.15. The van der Waals surface area contributed by atoms with Gasteiger partial charge in [0, 0.05) is 5.56 Å². The van der Waals surface area contributed by atoms with E-state index in [1.807, 2.05) is 24.4 Å². The normalized spacial score (nSPS) is 16.3. The van der Waals surface area contributed by atoms with Gasteiger partial charge in [-0.1, -0.05) is 41.9 Å². The molecule has 4 nitrogen and oxygen atoms in total. The number of aromatic nitrogens is 4. The summed E-state index contributed by atoms with van der Waals surface area (Å²) in [5, 5.41) is 13.8. The average Bonchev–Trinajstić information content (AvgIpc) is 3.21. The van der Waals surface area contributed by atoms with E-state index < -0.39 is 0 Å². The first kappa shape index (κ1) is 12.8. The van der Waals surface area contributed by atoms with E-state index in [1.54, 1.807) is 0 Å². The second-order valence-electron chi connectivity index (χ2n) is 5.75. The van der Waals surface area contributed by atoms with Gasteiger partial charge >= 0.3 is 0 Å². The van der Waals surface area contributed by atoms with Crippen molar-refractivity contribution in [1.29, 1.82) is 0 Å². The molecule has 0 bridgehead atoms. The molecule has 1 saturated carbocycles. The van der Waals surface area contributed by atoms with Gasteiger partial charge < -0.3 is 0 Å². The van der Waals surface area contributed by atoms with E-state index in [0.717, 1.165) is 35.4 Å². The topological polar surface area (TPSA) is 43.1 Å². The minimum absolute atomic E-state index is 0.0568. The third-order valence-electron chi connectivity index (χ3n) is 4.54. The Kier molecular flexibility index (Phi) is 2.60. The number of aryl methyl sites for hydroxylation is 1. The zero-order valence-corrected chi connectivity index (χ0v) is 12.7. The molecule has 0 atom stereocenters. The lowest BCUT2D eigenvalue weighted by Gasteiger charge is -2.14. The summed E-state index contributed by atoms with van der Waals surface area (Å²) in [6.07, 6.45) is 2.15. The van der Waals surface area contributed by atoms with E-state index in [2.05, 4.69) is 39.6 Å². The summed E-state index contributed by atoms with van der Waals surface area (Å²) in [6.45, 7) is 3.97. The van der Waals surface area contributed by atoms with E-state index in [9.17, 15) is 0 Å². The summed E-state index contributed by atoms with van der Waals surface area (Å²) in [4.78, 5) is 0. The van der Waals surface area contributed by atoms with Crippen molar-refractivity contribution in [3.63, 3.8) is 0 Å². The third kappa shape index (κ3) is 1.72. The van der Waals surface area contributed by atoms with E-state index in [1.165, 1.54) is 5.56 Å². The molecule has 3 aromatic rings. The number of benzene rings is 1. The highest BCUT2D eigenvalue weighted by atomic mass is 35.5. The molecule has 0 N–H and O–H groups in total. The van der Waals surface area contributed by atoms with E-state index >= 15 is 0 Å². The Hall–Kier alpha value is -1.94. The van der Waals surface area contributed by atoms with Crippen molar-refractivity contribution in [1.82, 2.24) is 19.8 Å². The molecule has 2 heterocycles. The zero-order valence-electron chi connectivity index (χ0n) is 12.0. The molecule has 0 amide bonds. The van der Waals surface area contributed by atoms with Crippen molar-refractivity contribution in [2.24, 2.45) is 0 Å². The summed E-state index contributed by atoms with van der Waals surface area (Å²) in [7, 11) is 0. The number of fused-ring (bicyclic) bond motifs is 1. The Bertz CT molecular complexity index is 834. The van der Waals surface area contributed by atoms with Crippen molar-refractivity contribution in [2.45, 2.75) is 32.1 Å². The molecule has 2 aromatic heterocycles. The number of halogens is 1. The summed E-state index contributed by atoms with van der Waals surface area (Å²) < 4.78 is 1.82. The predicted octanol–water partition coefficient (Wildman–Crippen LogP) is 3.47. The summed E-state index contributed by atoms with van der Waals surface area (Å²) in [5.74, 6) is 0.897. The molecule has 1 fully saturated rings. The molecule has 21 heavy (non-hydrogen) atoms. The Balaban J connectivity index is 1.97. The first-order valence-corrected chi connectivity index (χ1v) is 7.45. The molecule has 0 radical (unpaired) electrons. The molecule has 0 unspecified atom stereocenters. The predicted molar refractivity (Wildman–Crippen MR) is 81.7 cm³/mol. The van der Waals surface area contributed by atoms with E-state index in [-0.39, 0.29) is 5.41 Å². The Morgan fingerprint density at radius 2 is 1.76 bits per heavy atom. The standard InChI is InChI=1S/C16H15ClN4/c1-10-11(2)14-18-19-15(21(14)20-13(10)17)16(8-9-16)12-6-4-3-5-7-12/h3-7H,8-9H2,1-2H3. The van der Waals surface area contributed by atoms with Crippen LogP contribution < -0.4 is 0 Å². The maximum Gasteiger partial charge on any atom is 0.181 e. The molecular formula is C16H15ClN4. The summed E-state index contributed by atoms with van der Waals surface area (Å²) in [5.41, 5.74) is 4.02. The largest absolute Gasteiger partial charge is 0.195 e. The summed E-state index contributed by atoms with van der Waals surface area (Å²) in [6, 6.07) is 10.5. The highest BCUT2D eigenvalue weighted by molar-refractivity contribution is 6.30. The van der Waals surface area contributed by atoms with Crippen LogP contribution in [0.5, 0.6) is 0 Å². The monoisotopic (exact) mass is 298 g/mol. The van der Waals surface area contributed by atoms with Crippen LogP contribution >= 0.6 is 11.6 Å². The van der Waals surface area contributed by atoms with Crippen molar-refractivity contribution < 1.29 is 0 Å².